The summed E-state index contributed by atoms with van der Waals surface area (Å²) in [6.07, 6.45) is 0. The third-order valence-electron chi connectivity index (χ3n) is 5.09. The second-order valence-corrected chi connectivity index (χ2v) is 13.2. The summed E-state index contributed by atoms with van der Waals surface area (Å²) in [4.78, 5) is 5.61. The molecule has 3 aromatic rings. The standard InChI is InChI=1S/C28H33NO3Si/c1-30-27-19-12-14-24(22-27)23-29(31-2)21-13-20-28(32-33(3,4)5,25-15-8-6-9-16-25)26-17-10-7-11-18-26/h6-12,14-19,22H,21,23H2,1-5H3. The maximum Gasteiger partial charge on any atom is 0.186 e. The lowest BCUT2D eigenvalue weighted by molar-refractivity contribution is -0.128. The maximum absolute atomic E-state index is 6.85. The van der Waals surface area contributed by atoms with E-state index in [-0.39, 0.29) is 0 Å². The van der Waals surface area contributed by atoms with Crippen molar-refractivity contribution in [2.75, 3.05) is 20.8 Å². The first-order valence-corrected chi connectivity index (χ1v) is 14.5. The fraction of sp³-hybridized carbons (Fsp3) is 0.286. The van der Waals surface area contributed by atoms with Gasteiger partial charge < -0.3 is 14.0 Å². The fourth-order valence-electron chi connectivity index (χ4n) is 3.67. The number of hydroxylamine groups is 2. The summed E-state index contributed by atoms with van der Waals surface area (Å²) < 4.78 is 12.2. The molecule has 5 heteroatoms. The van der Waals surface area contributed by atoms with Crippen LogP contribution in [0.1, 0.15) is 16.7 Å². The van der Waals surface area contributed by atoms with Crippen molar-refractivity contribution < 1.29 is 14.0 Å². The molecule has 0 aliphatic heterocycles. The molecule has 0 N–H and O–H groups in total. The molecular weight excluding hydrogens is 426 g/mol. The van der Waals surface area contributed by atoms with E-state index >= 15 is 0 Å². The highest BCUT2D eigenvalue weighted by atomic mass is 28.4. The molecule has 0 aromatic heterocycles. The fourth-order valence-corrected chi connectivity index (χ4v) is 4.88. The molecule has 3 rings (SSSR count). The number of nitrogens with zero attached hydrogens (tertiary/aromatic N) is 1. The summed E-state index contributed by atoms with van der Waals surface area (Å²) in [7, 11) is 1.36. The molecule has 0 radical (unpaired) electrons. The zero-order valence-corrected chi connectivity index (χ0v) is 21.2. The molecular formula is C28H33NO3Si. The highest BCUT2D eigenvalue weighted by molar-refractivity contribution is 6.69. The van der Waals surface area contributed by atoms with Gasteiger partial charge in [0.25, 0.3) is 0 Å². The molecule has 172 valence electrons. The number of rotatable bonds is 9. The van der Waals surface area contributed by atoms with Crippen molar-refractivity contribution >= 4 is 8.32 Å². The Labute approximate surface area is 199 Å². The minimum absolute atomic E-state index is 0.435. The quantitative estimate of drug-likeness (QED) is 0.228. The Bertz CT molecular complexity index is 1030. The Balaban J connectivity index is 1.96. The van der Waals surface area contributed by atoms with Crippen LogP contribution in [0.5, 0.6) is 5.75 Å². The average molecular weight is 460 g/mol. The second-order valence-electron chi connectivity index (χ2n) is 8.76. The van der Waals surface area contributed by atoms with Gasteiger partial charge in [-0.3, -0.25) is 0 Å². The van der Waals surface area contributed by atoms with Crippen molar-refractivity contribution in [2.45, 2.75) is 31.8 Å². The van der Waals surface area contributed by atoms with Crippen molar-refractivity contribution in [3.8, 4) is 17.6 Å². The summed E-state index contributed by atoms with van der Waals surface area (Å²) in [5, 5.41) is 1.83. The molecule has 0 unspecified atom stereocenters. The minimum Gasteiger partial charge on any atom is -0.497 e. The van der Waals surface area contributed by atoms with E-state index in [1.54, 1.807) is 14.2 Å². The van der Waals surface area contributed by atoms with E-state index in [9.17, 15) is 0 Å². The molecule has 4 nitrogen and oxygen atoms in total. The van der Waals surface area contributed by atoms with Gasteiger partial charge in [-0.2, -0.15) is 5.06 Å². The molecule has 0 fully saturated rings. The molecule has 0 saturated carbocycles. The molecule has 0 aliphatic carbocycles. The molecule has 0 heterocycles. The van der Waals surface area contributed by atoms with Crippen molar-refractivity contribution in [2.24, 2.45) is 0 Å². The van der Waals surface area contributed by atoms with E-state index < -0.39 is 13.9 Å². The van der Waals surface area contributed by atoms with Gasteiger partial charge in [0.15, 0.2) is 13.9 Å². The van der Waals surface area contributed by atoms with Crippen molar-refractivity contribution in [1.82, 2.24) is 5.06 Å². The normalized spacial score (nSPS) is 11.7. The van der Waals surface area contributed by atoms with Gasteiger partial charge in [0.05, 0.1) is 27.3 Å². The van der Waals surface area contributed by atoms with Crippen LogP contribution in [0.4, 0.5) is 0 Å². The lowest BCUT2D eigenvalue weighted by Crippen LogP contribution is -2.41. The lowest BCUT2D eigenvalue weighted by atomic mass is 9.87. The van der Waals surface area contributed by atoms with E-state index in [2.05, 4.69) is 61.8 Å². The molecule has 0 saturated heterocycles. The van der Waals surface area contributed by atoms with Crippen LogP contribution >= 0.6 is 0 Å². The van der Waals surface area contributed by atoms with Gasteiger partial charge in [-0.15, -0.1) is 0 Å². The van der Waals surface area contributed by atoms with E-state index in [0.717, 1.165) is 22.4 Å². The Morgan fingerprint density at radius 3 is 1.94 bits per heavy atom. The Morgan fingerprint density at radius 2 is 1.42 bits per heavy atom. The number of methoxy groups -OCH3 is 1. The second kappa shape index (κ2) is 11.3. The first-order chi connectivity index (χ1) is 15.9. The third kappa shape index (κ3) is 6.80. The summed E-state index contributed by atoms with van der Waals surface area (Å²) in [6, 6.07) is 28.5. The lowest BCUT2D eigenvalue weighted by Gasteiger charge is -2.36. The van der Waals surface area contributed by atoms with Crippen molar-refractivity contribution in [3.05, 3.63) is 102 Å². The highest BCUT2D eigenvalue weighted by Gasteiger charge is 2.38. The third-order valence-corrected chi connectivity index (χ3v) is 6.01. The van der Waals surface area contributed by atoms with E-state index in [1.807, 2.05) is 59.7 Å². The Hall–Kier alpha value is -2.88. The van der Waals surface area contributed by atoms with Crippen LogP contribution in [-0.2, 0) is 21.4 Å². The van der Waals surface area contributed by atoms with Crippen LogP contribution in [0.2, 0.25) is 19.6 Å². The van der Waals surface area contributed by atoms with Crippen molar-refractivity contribution in [1.29, 1.82) is 0 Å². The van der Waals surface area contributed by atoms with Crippen LogP contribution in [-0.4, -0.2) is 34.1 Å². The first kappa shape index (κ1) is 24.8. The Kier molecular flexibility index (Phi) is 8.48. The van der Waals surface area contributed by atoms with Gasteiger partial charge in [-0.25, -0.2) is 0 Å². The van der Waals surface area contributed by atoms with Gasteiger partial charge >= 0.3 is 0 Å². The van der Waals surface area contributed by atoms with E-state index in [0.29, 0.717) is 13.1 Å². The van der Waals surface area contributed by atoms with Gasteiger partial charge in [-0.1, -0.05) is 84.6 Å². The molecule has 0 amide bonds. The molecule has 0 spiro atoms. The van der Waals surface area contributed by atoms with Crippen LogP contribution in [0, 0.1) is 11.8 Å². The summed E-state index contributed by atoms with van der Waals surface area (Å²) >= 11 is 0. The number of ether oxygens (including phenoxy) is 1. The monoisotopic (exact) mass is 459 g/mol. The SMILES string of the molecule is COc1cccc(CN(CC#CC(O[Si](C)(C)C)(c2ccccc2)c2ccccc2)OC)c1. The molecule has 33 heavy (non-hydrogen) atoms. The van der Waals surface area contributed by atoms with Gasteiger partial charge in [0, 0.05) is 0 Å². The average Bonchev–Trinajstić information content (AvgIpc) is 2.83. The zero-order valence-electron chi connectivity index (χ0n) is 20.2. The number of hydrogen-bond acceptors (Lipinski definition) is 4. The van der Waals surface area contributed by atoms with E-state index in [4.69, 9.17) is 14.0 Å². The predicted octanol–water partition coefficient (Wildman–Crippen LogP) is 5.86. The topological polar surface area (TPSA) is 30.9 Å². The van der Waals surface area contributed by atoms with Crippen LogP contribution in [0.15, 0.2) is 84.9 Å². The molecule has 0 aliphatic rings. The summed E-state index contributed by atoms with van der Waals surface area (Å²) in [5.74, 6) is 7.70. The Morgan fingerprint density at radius 1 is 0.818 bits per heavy atom. The van der Waals surface area contributed by atoms with Crippen LogP contribution in [0.3, 0.4) is 0 Å². The van der Waals surface area contributed by atoms with Gasteiger partial charge in [0.1, 0.15) is 5.75 Å². The summed E-state index contributed by atoms with van der Waals surface area (Å²) in [6.45, 7) is 7.61. The largest absolute Gasteiger partial charge is 0.497 e. The summed E-state index contributed by atoms with van der Waals surface area (Å²) in [5.41, 5.74) is 2.31. The van der Waals surface area contributed by atoms with Gasteiger partial charge in [0.2, 0.25) is 0 Å². The minimum atomic E-state index is -1.98. The molecule has 0 bridgehead atoms. The number of benzene rings is 3. The van der Waals surface area contributed by atoms with E-state index in [1.165, 1.54) is 0 Å². The molecule has 0 atom stereocenters. The zero-order chi connectivity index (χ0) is 23.7. The van der Waals surface area contributed by atoms with Gasteiger partial charge in [-0.05, 0) is 48.5 Å². The predicted molar refractivity (Wildman–Crippen MR) is 136 cm³/mol. The highest BCUT2D eigenvalue weighted by Crippen LogP contribution is 2.36. The van der Waals surface area contributed by atoms with Crippen molar-refractivity contribution in [3.63, 3.8) is 0 Å². The van der Waals surface area contributed by atoms with Crippen LogP contribution < -0.4 is 4.74 Å². The smallest absolute Gasteiger partial charge is 0.186 e. The van der Waals surface area contributed by atoms with Crippen LogP contribution in [0.25, 0.3) is 0 Å². The number of hydrogen-bond donors (Lipinski definition) is 0. The first-order valence-electron chi connectivity index (χ1n) is 11.1. The molecule has 3 aromatic carbocycles. The maximum atomic E-state index is 6.85.